The van der Waals surface area contributed by atoms with Crippen molar-refractivity contribution in [3.8, 4) is 11.5 Å². The fourth-order valence-corrected chi connectivity index (χ4v) is 6.66. The Morgan fingerprint density at radius 1 is 0.556 bits per heavy atom. The highest BCUT2D eigenvalue weighted by Gasteiger charge is 2.51. The molecule has 2 aromatic rings. The van der Waals surface area contributed by atoms with Crippen molar-refractivity contribution in [1.29, 1.82) is 0 Å². The van der Waals surface area contributed by atoms with E-state index in [1.165, 1.54) is 0 Å². The Balaban J connectivity index is 0.934. The summed E-state index contributed by atoms with van der Waals surface area (Å²) in [6.07, 6.45) is -4.83. The van der Waals surface area contributed by atoms with Gasteiger partial charge >= 0.3 is 0 Å². The van der Waals surface area contributed by atoms with E-state index in [0.717, 1.165) is 22.9 Å². The van der Waals surface area contributed by atoms with Gasteiger partial charge in [-0.15, -0.1) is 0 Å². The number of rotatable bonds is 8. The molecule has 248 valence electrons. The number of aliphatic hydroxyl groups is 4. The minimum absolute atomic E-state index is 0.321. The molecule has 12 nitrogen and oxygen atoms in total. The molecule has 4 N–H and O–H groups in total. The lowest BCUT2D eigenvalue weighted by Gasteiger charge is -2.28. The Bertz CT molecular complexity index is 1130. The number of anilines is 2. The van der Waals surface area contributed by atoms with Crippen LogP contribution in [-0.2, 0) is 18.9 Å². The predicted molar refractivity (Wildman–Crippen MR) is 165 cm³/mol. The molecule has 0 saturated carbocycles. The van der Waals surface area contributed by atoms with Crippen molar-refractivity contribution in [2.45, 2.75) is 94.5 Å². The number of hydrogen-bond acceptors (Lipinski definition) is 12. The van der Waals surface area contributed by atoms with Gasteiger partial charge in [0.25, 0.3) is 0 Å². The molecule has 0 bridgehead atoms. The van der Waals surface area contributed by atoms with E-state index in [1.54, 1.807) is 27.7 Å². The number of hydrogen-bond donors (Lipinski definition) is 4. The van der Waals surface area contributed by atoms with Crippen LogP contribution in [0, 0.1) is 0 Å². The molecule has 2 aromatic carbocycles. The number of benzene rings is 2. The second-order valence-corrected chi connectivity index (χ2v) is 13.2. The van der Waals surface area contributed by atoms with Gasteiger partial charge in [0.15, 0.2) is 11.6 Å². The van der Waals surface area contributed by atoms with Crippen molar-refractivity contribution in [2.75, 3.05) is 49.2 Å². The van der Waals surface area contributed by atoms with Gasteiger partial charge in [0.2, 0.25) is 0 Å². The molecule has 0 aromatic heterocycles. The summed E-state index contributed by atoms with van der Waals surface area (Å²) in [4.78, 5) is 3.86. The third-order valence-corrected chi connectivity index (χ3v) is 8.70. The maximum atomic E-state index is 10.8. The van der Waals surface area contributed by atoms with Crippen LogP contribution in [0.2, 0.25) is 0 Å². The number of β-amino-alcohol motifs (C(OH)–C–C–N with tert-alkyl or cyclic N) is 4. The van der Waals surface area contributed by atoms with E-state index in [9.17, 15) is 20.4 Å². The van der Waals surface area contributed by atoms with Crippen molar-refractivity contribution < 1.29 is 48.8 Å². The second kappa shape index (κ2) is 12.8. The lowest BCUT2D eigenvalue weighted by atomic mass is 10.1. The van der Waals surface area contributed by atoms with Crippen molar-refractivity contribution in [3.05, 3.63) is 48.5 Å². The quantitative estimate of drug-likeness (QED) is 0.315. The van der Waals surface area contributed by atoms with E-state index in [4.69, 9.17) is 28.4 Å². The van der Waals surface area contributed by atoms with Gasteiger partial charge in [0.1, 0.15) is 60.3 Å². The highest BCUT2D eigenvalue weighted by molar-refractivity contribution is 5.51. The first kappa shape index (κ1) is 32.3. The van der Waals surface area contributed by atoms with Crippen LogP contribution in [0.4, 0.5) is 11.4 Å². The van der Waals surface area contributed by atoms with Crippen LogP contribution in [0.15, 0.2) is 48.5 Å². The third-order valence-electron chi connectivity index (χ3n) is 8.70. The molecule has 0 aliphatic carbocycles. The summed E-state index contributed by atoms with van der Waals surface area (Å²) in [5, 5.41) is 43.1. The first-order valence-electron chi connectivity index (χ1n) is 15.8. The smallest absolute Gasteiger partial charge is 0.164 e. The fraction of sp³-hybridized carbons (Fsp3) is 0.636. The van der Waals surface area contributed by atoms with Gasteiger partial charge < -0.3 is 58.6 Å². The van der Waals surface area contributed by atoms with E-state index >= 15 is 0 Å². The molecule has 8 atom stereocenters. The highest BCUT2D eigenvalue weighted by atomic mass is 16.8. The van der Waals surface area contributed by atoms with E-state index in [1.807, 2.05) is 58.3 Å². The van der Waals surface area contributed by atoms with Gasteiger partial charge in [0.05, 0.1) is 13.2 Å². The molecule has 6 rings (SSSR count). The third kappa shape index (κ3) is 7.34. The monoisotopic (exact) mass is 630 g/mol. The fourth-order valence-electron chi connectivity index (χ4n) is 6.66. The van der Waals surface area contributed by atoms with Crippen LogP contribution in [0.25, 0.3) is 0 Å². The minimum atomic E-state index is -0.832. The maximum absolute atomic E-state index is 10.8. The summed E-state index contributed by atoms with van der Waals surface area (Å²) in [6, 6.07) is 15.1. The molecule has 4 saturated heterocycles. The Morgan fingerprint density at radius 2 is 0.844 bits per heavy atom. The largest absolute Gasteiger partial charge is 0.493 e. The maximum Gasteiger partial charge on any atom is 0.164 e. The summed E-state index contributed by atoms with van der Waals surface area (Å²) < 4.78 is 35.2. The molecule has 45 heavy (non-hydrogen) atoms. The molecule has 0 amide bonds. The van der Waals surface area contributed by atoms with Gasteiger partial charge in [-0.25, -0.2) is 0 Å². The molecule has 0 unspecified atom stereocenters. The van der Waals surface area contributed by atoms with Crippen LogP contribution in [0.1, 0.15) is 34.1 Å². The number of fused-ring (bicyclic) bond motifs is 2. The lowest BCUT2D eigenvalue weighted by Crippen LogP contribution is -2.41. The zero-order valence-electron chi connectivity index (χ0n) is 26.3. The summed E-state index contributed by atoms with van der Waals surface area (Å²) in [5.74, 6) is -0.229. The van der Waals surface area contributed by atoms with Crippen LogP contribution >= 0.6 is 0 Å². The molecule has 0 spiro atoms. The van der Waals surface area contributed by atoms with Gasteiger partial charge in [-0.1, -0.05) is 0 Å². The normalized spacial score (nSPS) is 34.0. The zero-order valence-corrected chi connectivity index (χ0v) is 26.3. The van der Waals surface area contributed by atoms with Crippen LogP contribution in [0.5, 0.6) is 11.5 Å². The van der Waals surface area contributed by atoms with Crippen LogP contribution in [-0.4, -0.2) is 120 Å². The van der Waals surface area contributed by atoms with Crippen LogP contribution < -0.4 is 19.3 Å². The first-order valence-corrected chi connectivity index (χ1v) is 15.8. The van der Waals surface area contributed by atoms with Crippen LogP contribution in [0.3, 0.4) is 0 Å². The number of nitrogens with zero attached hydrogens (tertiary/aromatic N) is 2. The molecule has 4 heterocycles. The summed E-state index contributed by atoms with van der Waals surface area (Å²) in [7, 11) is 0. The van der Waals surface area contributed by atoms with Crippen molar-refractivity contribution in [3.63, 3.8) is 0 Å². The zero-order chi connectivity index (χ0) is 31.9. The summed E-state index contributed by atoms with van der Waals surface area (Å²) in [5.41, 5.74) is 1.73. The van der Waals surface area contributed by atoms with E-state index in [0.29, 0.717) is 45.8 Å². The highest BCUT2D eigenvalue weighted by Crippen LogP contribution is 2.36. The topological polar surface area (TPSA) is 143 Å². The molecule has 4 aliphatic heterocycles. The Kier molecular flexibility index (Phi) is 9.21. The van der Waals surface area contributed by atoms with Crippen molar-refractivity contribution in [2.24, 2.45) is 0 Å². The first-order chi connectivity index (χ1) is 21.4. The predicted octanol–water partition coefficient (Wildman–Crippen LogP) is 1.66. The van der Waals surface area contributed by atoms with E-state index in [-0.39, 0.29) is 0 Å². The molecule has 12 heteroatoms. The molecular weight excluding hydrogens is 584 g/mol. The number of aliphatic hydroxyl groups excluding tert-OH is 4. The van der Waals surface area contributed by atoms with E-state index in [2.05, 4.69) is 0 Å². The van der Waals surface area contributed by atoms with Gasteiger partial charge in [-0.2, -0.15) is 0 Å². The molecule has 0 radical (unpaired) electrons. The Labute approximate surface area is 264 Å². The minimum Gasteiger partial charge on any atom is -0.493 e. The average Bonchev–Trinajstić information content (AvgIpc) is 3.45. The second-order valence-electron chi connectivity index (χ2n) is 13.2. The van der Waals surface area contributed by atoms with Crippen molar-refractivity contribution in [1.82, 2.24) is 0 Å². The lowest BCUT2D eigenvalue weighted by molar-refractivity contribution is -0.161. The number of ether oxygens (including phenoxy) is 6. The molecule has 4 fully saturated rings. The van der Waals surface area contributed by atoms with E-state index < -0.39 is 60.4 Å². The molecular formula is C33H46N2O10. The SMILES string of the molecule is CC1(C)O[C@H]2[C@H](O1)[C@H](O)CN(c1ccc(OCCCOc3ccc(N4C[C@@H](O)[C@H]5OC(C)(C)O[C@@H]5[C@H](O)C4)cc3)cc1)C[C@H]2O. The van der Waals surface area contributed by atoms with Gasteiger partial charge in [0, 0.05) is 44.0 Å². The summed E-state index contributed by atoms with van der Waals surface area (Å²) in [6.45, 7) is 9.37. The Morgan fingerprint density at radius 3 is 1.13 bits per heavy atom. The van der Waals surface area contributed by atoms with Gasteiger partial charge in [-0.05, 0) is 76.2 Å². The summed E-state index contributed by atoms with van der Waals surface area (Å²) >= 11 is 0. The standard InChI is InChI=1S/C33H46N2O10/c1-32(2)42-28-24(36)16-34(17-25(37)29(28)43-32)20-6-10-22(11-7-20)40-14-5-15-41-23-12-8-21(9-13-23)35-18-26(38)30-31(27(39)19-35)45-33(3,4)44-30/h6-13,24-31,36-39H,5,14-19H2,1-4H3/t24-,25-,26-,27-,28-,29-,30-,31-/m1/s1. The van der Waals surface area contributed by atoms with Gasteiger partial charge in [-0.3, -0.25) is 0 Å². The Hall–Kier alpha value is -2.68. The van der Waals surface area contributed by atoms with Crippen molar-refractivity contribution >= 4 is 11.4 Å². The molecule has 4 aliphatic rings. The average molecular weight is 631 g/mol.